The molecule has 0 spiro atoms. The zero-order valence-corrected chi connectivity index (χ0v) is 9.49. The Hall–Kier alpha value is -1.02. The van der Waals surface area contributed by atoms with Gasteiger partial charge in [0.15, 0.2) is 0 Å². The Bertz CT molecular complexity index is 318. The van der Waals surface area contributed by atoms with Crippen molar-refractivity contribution in [2.75, 3.05) is 20.2 Å². The number of methoxy groups -OCH3 is 1. The lowest BCUT2D eigenvalue weighted by molar-refractivity contribution is 0.412. The van der Waals surface area contributed by atoms with Crippen LogP contribution >= 0.6 is 0 Å². The summed E-state index contributed by atoms with van der Waals surface area (Å²) in [7, 11) is 1.72. The molecular weight excluding hydrogens is 186 g/mol. The van der Waals surface area contributed by atoms with Crippen LogP contribution in [-0.4, -0.2) is 20.2 Å². The number of ether oxygens (including phenoxy) is 1. The molecule has 1 N–H and O–H groups in total. The third-order valence-corrected chi connectivity index (χ3v) is 3.43. The van der Waals surface area contributed by atoms with E-state index in [1.165, 1.54) is 18.5 Å². The normalized spacial score (nSPS) is 22.7. The summed E-state index contributed by atoms with van der Waals surface area (Å²) in [5.74, 6) is 2.36. The Morgan fingerprint density at radius 2 is 2.33 bits per heavy atom. The van der Waals surface area contributed by atoms with Crippen molar-refractivity contribution in [1.82, 2.24) is 5.32 Å². The highest BCUT2D eigenvalue weighted by molar-refractivity contribution is 5.31. The van der Waals surface area contributed by atoms with Gasteiger partial charge in [-0.3, -0.25) is 0 Å². The SMILES string of the molecule is COc1cccc(C(C)C2CCNC2)c1. The molecular formula is C13H19NO. The zero-order valence-electron chi connectivity index (χ0n) is 9.49. The minimum atomic E-state index is 0.620. The first kappa shape index (κ1) is 10.5. The molecule has 82 valence electrons. The highest BCUT2D eigenvalue weighted by Gasteiger charge is 2.22. The average Bonchev–Trinajstić information content (AvgIpc) is 2.81. The van der Waals surface area contributed by atoms with Crippen LogP contribution in [0.25, 0.3) is 0 Å². The van der Waals surface area contributed by atoms with E-state index in [0.717, 1.165) is 18.2 Å². The minimum Gasteiger partial charge on any atom is -0.497 e. The molecule has 1 aliphatic heterocycles. The minimum absolute atomic E-state index is 0.620. The van der Waals surface area contributed by atoms with Crippen LogP contribution in [0.5, 0.6) is 5.75 Å². The van der Waals surface area contributed by atoms with Crippen molar-refractivity contribution in [3.63, 3.8) is 0 Å². The standard InChI is InChI=1S/C13H19NO/c1-10(12-6-7-14-9-12)11-4-3-5-13(8-11)15-2/h3-5,8,10,12,14H,6-7,9H2,1-2H3. The van der Waals surface area contributed by atoms with Gasteiger partial charge in [-0.25, -0.2) is 0 Å². The topological polar surface area (TPSA) is 21.3 Å². The molecule has 1 aromatic rings. The second kappa shape index (κ2) is 4.67. The monoisotopic (exact) mass is 205 g/mol. The van der Waals surface area contributed by atoms with Crippen molar-refractivity contribution < 1.29 is 4.74 Å². The Labute approximate surface area is 91.6 Å². The second-order valence-corrected chi connectivity index (χ2v) is 4.32. The first-order valence-electron chi connectivity index (χ1n) is 5.66. The summed E-state index contributed by atoms with van der Waals surface area (Å²) < 4.78 is 5.25. The zero-order chi connectivity index (χ0) is 10.7. The van der Waals surface area contributed by atoms with E-state index in [1.54, 1.807) is 7.11 Å². The lowest BCUT2D eigenvalue weighted by atomic mass is 9.87. The van der Waals surface area contributed by atoms with Crippen molar-refractivity contribution in [2.45, 2.75) is 19.3 Å². The highest BCUT2D eigenvalue weighted by Crippen LogP contribution is 2.30. The fourth-order valence-corrected chi connectivity index (χ4v) is 2.30. The van der Waals surface area contributed by atoms with Crippen LogP contribution in [0.1, 0.15) is 24.8 Å². The van der Waals surface area contributed by atoms with E-state index in [2.05, 4.69) is 30.4 Å². The maximum absolute atomic E-state index is 5.25. The first-order chi connectivity index (χ1) is 7.31. The van der Waals surface area contributed by atoms with Gasteiger partial charge in [0.2, 0.25) is 0 Å². The number of benzene rings is 1. The molecule has 1 fully saturated rings. The molecule has 15 heavy (non-hydrogen) atoms. The fraction of sp³-hybridized carbons (Fsp3) is 0.538. The molecule has 1 heterocycles. The quantitative estimate of drug-likeness (QED) is 0.818. The fourth-order valence-electron chi connectivity index (χ4n) is 2.30. The van der Waals surface area contributed by atoms with Crippen LogP contribution in [0.15, 0.2) is 24.3 Å². The molecule has 1 saturated heterocycles. The smallest absolute Gasteiger partial charge is 0.119 e. The summed E-state index contributed by atoms with van der Waals surface area (Å²) in [5.41, 5.74) is 1.39. The van der Waals surface area contributed by atoms with E-state index in [4.69, 9.17) is 4.74 Å². The third-order valence-electron chi connectivity index (χ3n) is 3.43. The predicted octanol–water partition coefficient (Wildman–Crippen LogP) is 2.41. The summed E-state index contributed by atoms with van der Waals surface area (Å²) in [6.45, 7) is 4.63. The van der Waals surface area contributed by atoms with E-state index >= 15 is 0 Å². The molecule has 2 rings (SSSR count). The largest absolute Gasteiger partial charge is 0.497 e. The molecule has 0 saturated carbocycles. The van der Waals surface area contributed by atoms with Gasteiger partial charge in [-0.2, -0.15) is 0 Å². The third kappa shape index (κ3) is 2.32. The molecule has 0 bridgehead atoms. The van der Waals surface area contributed by atoms with Crippen LogP contribution in [0.4, 0.5) is 0 Å². The van der Waals surface area contributed by atoms with E-state index < -0.39 is 0 Å². The van der Waals surface area contributed by atoms with Crippen LogP contribution < -0.4 is 10.1 Å². The summed E-state index contributed by atoms with van der Waals surface area (Å²) in [6, 6.07) is 8.44. The van der Waals surface area contributed by atoms with Gasteiger partial charge in [0.1, 0.15) is 5.75 Å². The van der Waals surface area contributed by atoms with Crippen molar-refractivity contribution >= 4 is 0 Å². The molecule has 2 atom stereocenters. The average molecular weight is 205 g/mol. The van der Waals surface area contributed by atoms with Crippen molar-refractivity contribution in [2.24, 2.45) is 5.92 Å². The second-order valence-electron chi connectivity index (χ2n) is 4.32. The van der Waals surface area contributed by atoms with Gasteiger partial charge in [-0.1, -0.05) is 19.1 Å². The lowest BCUT2D eigenvalue weighted by Gasteiger charge is -2.19. The van der Waals surface area contributed by atoms with Crippen molar-refractivity contribution in [3.05, 3.63) is 29.8 Å². The first-order valence-corrected chi connectivity index (χ1v) is 5.66. The van der Waals surface area contributed by atoms with Crippen LogP contribution in [0.3, 0.4) is 0 Å². The molecule has 2 unspecified atom stereocenters. The molecule has 1 aromatic carbocycles. The Morgan fingerprint density at radius 3 is 3.00 bits per heavy atom. The Balaban J connectivity index is 2.13. The summed E-state index contributed by atoms with van der Waals surface area (Å²) >= 11 is 0. The van der Waals surface area contributed by atoms with Crippen molar-refractivity contribution in [1.29, 1.82) is 0 Å². The summed E-state index contributed by atoms with van der Waals surface area (Å²) in [4.78, 5) is 0. The van der Waals surface area contributed by atoms with E-state index in [9.17, 15) is 0 Å². The molecule has 2 heteroatoms. The summed E-state index contributed by atoms with van der Waals surface area (Å²) in [5, 5.41) is 3.42. The number of hydrogen-bond donors (Lipinski definition) is 1. The maximum Gasteiger partial charge on any atom is 0.119 e. The van der Waals surface area contributed by atoms with Crippen LogP contribution in [-0.2, 0) is 0 Å². The maximum atomic E-state index is 5.25. The van der Waals surface area contributed by atoms with Crippen LogP contribution in [0, 0.1) is 5.92 Å². The molecule has 2 nitrogen and oxygen atoms in total. The van der Waals surface area contributed by atoms with Gasteiger partial charge >= 0.3 is 0 Å². The van der Waals surface area contributed by atoms with Gasteiger partial charge in [-0.15, -0.1) is 0 Å². The van der Waals surface area contributed by atoms with E-state index in [1.807, 2.05) is 6.07 Å². The number of nitrogens with one attached hydrogen (secondary N) is 1. The highest BCUT2D eigenvalue weighted by atomic mass is 16.5. The lowest BCUT2D eigenvalue weighted by Crippen LogP contribution is -2.14. The van der Waals surface area contributed by atoms with E-state index in [0.29, 0.717) is 5.92 Å². The van der Waals surface area contributed by atoms with Gasteiger partial charge in [-0.05, 0) is 49.0 Å². The van der Waals surface area contributed by atoms with Gasteiger partial charge < -0.3 is 10.1 Å². The Kier molecular flexibility index (Phi) is 3.27. The molecule has 1 aliphatic rings. The van der Waals surface area contributed by atoms with Gasteiger partial charge in [0, 0.05) is 0 Å². The molecule has 0 aliphatic carbocycles. The molecule has 0 amide bonds. The Morgan fingerprint density at radius 1 is 1.47 bits per heavy atom. The number of hydrogen-bond acceptors (Lipinski definition) is 2. The van der Waals surface area contributed by atoms with Crippen molar-refractivity contribution in [3.8, 4) is 5.75 Å². The predicted molar refractivity (Wildman–Crippen MR) is 62.4 cm³/mol. The van der Waals surface area contributed by atoms with Gasteiger partial charge in [0.25, 0.3) is 0 Å². The molecule has 0 radical (unpaired) electrons. The van der Waals surface area contributed by atoms with Crippen LogP contribution in [0.2, 0.25) is 0 Å². The number of rotatable bonds is 3. The van der Waals surface area contributed by atoms with E-state index in [-0.39, 0.29) is 0 Å². The van der Waals surface area contributed by atoms with Gasteiger partial charge in [0.05, 0.1) is 7.11 Å². The molecule has 0 aromatic heterocycles. The summed E-state index contributed by atoms with van der Waals surface area (Å²) in [6.07, 6.45) is 1.29.